The molecule has 0 saturated carbocycles. The Kier molecular flexibility index (Phi) is 4.35. The maximum atomic E-state index is 5.99. The fraction of sp³-hybridized carbons (Fsp3) is 0.400. The highest BCUT2D eigenvalue weighted by Gasteiger charge is 2.20. The third-order valence-corrected chi connectivity index (χ3v) is 2.37. The van der Waals surface area contributed by atoms with Crippen molar-refractivity contribution in [1.82, 2.24) is 0 Å². The highest BCUT2D eigenvalue weighted by Crippen LogP contribution is 2.24. The van der Waals surface area contributed by atoms with Gasteiger partial charge in [0.1, 0.15) is 0 Å². The molecule has 0 spiro atoms. The van der Waals surface area contributed by atoms with E-state index in [4.69, 9.17) is 26.8 Å². The lowest BCUT2D eigenvalue weighted by Crippen LogP contribution is -2.29. The first-order chi connectivity index (χ1) is 6.70. The molecule has 0 heterocycles. The Labute approximate surface area is 88.8 Å². The molecule has 1 atom stereocenters. The highest BCUT2D eigenvalue weighted by atomic mass is 35.5. The second kappa shape index (κ2) is 5.32. The van der Waals surface area contributed by atoms with Crippen LogP contribution in [0.25, 0.3) is 0 Å². The van der Waals surface area contributed by atoms with Crippen LogP contribution in [0.5, 0.6) is 0 Å². The second-order valence-corrected chi connectivity index (χ2v) is 3.29. The highest BCUT2D eigenvalue weighted by molar-refractivity contribution is 6.31. The summed E-state index contributed by atoms with van der Waals surface area (Å²) in [6, 6.07) is 7.01. The topological polar surface area (TPSA) is 44.5 Å². The third kappa shape index (κ3) is 2.45. The Balaban J connectivity index is 2.88. The first kappa shape index (κ1) is 11.5. The van der Waals surface area contributed by atoms with Gasteiger partial charge in [0.25, 0.3) is 0 Å². The SMILES string of the molecule is COC(OC)C(N)c1ccccc1Cl. The summed E-state index contributed by atoms with van der Waals surface area (Å²) >= 11 is 5.99. The van der Waals surface area contributed by atoms with E-state index in [-0.39, 0.29) is 6.04 Å². The van der Waals surface area contributed by atoms with Gasteiger partial charge in [0, 0.05) is 19.2 Å². The molecule has 1 unspecified atom stereocenters. The van der Waals surface area contributed by atoms with Gasteiger partial charge in [0.2, 0.25) is 0 Å². The van der Waals surface area contributed by atoms with E-state index in [1.807, 2.05) is 18.2 Å². The zero-order valence-electron chi connectivity index (χ0n) is 8.24. The van der Waals surface area contributed by atoms with Crippen molar-refractivity contribution in [2.24, 2.45) is 5.73 Å². The van der Waals surface area contributed by atoms with Crippen LogP contribution in [0, 0.1) is 0 Å². The average molecular weight is 216 g/mol. The number of ether oxygens (including phenoxy) is 2. The molecule has 1 aromatic rings. The van der Waals surface area contributed by atoms with Gasteiger partial charge in [-0.25, -0.2) is 0 Å². The molecule has 78 valence electrons. The van der Waals surface area contributed by atoms with E-state index in [2.05, 4.69) is 0 Å². The molecule has 0 bridgehead atoms. The van der Waals surface area contributed by atoms with Crippen LogP contribution in [0.4, 0.5) is 0 Å². The zero-order valence-corrected chi connectivity index (χ0v) is 8.99. The molecule has 0 radical (unpaired) electrons. The van der Waals surface area contributed by atoms with Crippen molar-refractivity contribution in [3.05, 3.63) is 34.9 Å². The minimum Gasteiger partial charge on any atom is -0.354 e. The van der Waals surface area contributed by atoms with Crippen LogP contribution >= 0.6 is 11.6 Å². The van der Waals surface area contributed by atoms with Gasteiger partial charge in [-0.2, -0.15) is 0 Å². The number of hydrogen-bond donors (Lipinski definition) is 1. The molecule has 0 aliphatic heterocycles. The van der Waals surface area contributed by atoms with Crippen molar-refractivity contribution in [2.45, 2.75) is 12.3 Å². The van der Waals surface area contributed by atoms with Gasteiger partial charge in [0.05, 0.1) is 6.04 Å². The van der Waals surface area contributed by atoms with Crippen LogP contribution < -0.4 is 5.73 Å². The molecule has 0 aliphatic rings. The Morgan fingerprint density at radius 3 is 2.29 bits per heavy atom. The molecule has 1 aromatic carbocycles. The number of rotatable bonds is 4. The molecule has 0 amide bonds. The number of benzene rings is 1. The van der Waals surface area contributed by atoms with Crippen molar-refractivity contribution in [3.63, 3.8) is 0 Å². The summed E-state index contributed by atoms with van der Waals surface area (Å²) < 4.78 is 10.1. The van der Waals surface area contributed by atoms with E-state index in [9.17, 15) is 0 Å². The van der Waals surface area contributed by atoms with Crippen molar-refractivity contribution in [2.75, 3.05) is 14.2 Å². The fourth-order valence-electron chi connectivity index (χ4n) is 1.28. The Morgan fingerprint density at radius 2 is 1.79 bits per heavy atom. The van der Waals surface area contributed by atoms with Gasteiger partial charge in [-0.15, -0.1) is 0 Å². The summed E-state index contributed by atoms with van der Waals surface area (Å²) in [5.74, 6) is 0. The van der Waals surface area contributed by atoms with Crippen LogP contribution in [0.1, 0.15) is 11.6 Å². The molecule has 0 aromatic heterocycles. The Morgan fingerprint density at radius 1 is 1.21 bits per heavy atom. The standard InChI is InChI=1S/C10H14ClNO2/c1-13-10(14-2)9(12)7-5-3-4-6-8(7)11/h3-6,9-10H,12H2,1-2H3. The second-order valence-electron chi connectivity index (χ2n) is 2.89. The Hall–Kier alpha value is -0.610. The van der Waals surface area contributed by atoms with E-state index < -0.39 is 6.29 Å². The lowest BCUT2D eigenvalue weighted by molar-refractivity contribution is -0.117. The lowest BCUT2D eigenvalue weighted by atomic mass is 10.1. The largest absolute Gasteiger partial charge is 0.354 e. The minimum atomic E-state index is -0.477. The molecule has 2 N–H and O–H groups in total. The van der Waals surface area contributed by atoms with Crippen molar-refractivity contribution < 1.29 is 9.47 Å². The van der Waals surface area contributed by atoms with E-state index in [1.54, 1.807) is 20.3 Å². The normalized spacial score (nSPS) is 13.2. The summed E-state index contributed by atoms with van der Waals surface area (Å²) in [5, 5.41) is 0.624. The third-order valence-electron chi connectivity index (χ3n) is 2.02. The maximum absolute atomic E-state index is 5.99. The summed E-state index contributed by atoms with van der Waals surface area (Å²) in [5.41, 5.74) is 6.75. The van der Waals surface area contributed by atoms with E-state index in [1.165, 1.54) is 0 Å². The fourth-order valence-corrected chi connectivity index (χ4v) is 1.54. The number of methoxy groups -OCH3 is 2. The average Bonchev–Trinajstić information content (AvgIpc) is 2.20. The Bertz CT molecular complexity index is 289. The first-order valence-corrected chi connectivity index (χ1v) is 4.64. The number of hydrogen-bond acceptors (Lipinski definition) is 3. The van der Waals surface area contributed by atoms with E-state index >= 15 is 0 Å². The predicted molar refractivity (Wildman–Crippen MR) is 56.2 cm³/mol. The zero-order chi connectivity index (χ0) is 10.6. The number of halogens is 1. The maximum Gasteiger partial charge on any atom is 0.176 e. The molecule has 3 nitrogen and oxygen atoms in total. The molecule has 14 heavy (non-hydrogen) atoms. The van der Waals surface area contributed by atoms with Gasteiger partial charge in [-0.1, -0.05) is 29.8 Å². The van der Waals surface area contributed by atoms with Crippen LogP contribution in [0.15, 0.2) is 24.3 Å². The summed E-state index contributed by atoms with van der Waals surface area (Å²) in [6.07, 6.45) is -0.477. The monoisotopic (exact) mass is 215 g/mol. The van der Waals surface area contributed by atoms with Crippen molar-refractivity contribution in [3.8, 4) is 0 Å². The summed E-state index contributed by atoms with van der Waals surface area (Å²) in [6.45, 7) is 0. The summed E-state index contributed by atoms with van der Waals surface area (Å²) in [4.78, 5) is 0. The first-order valence-electron chi connectivity index (χ1n) is 4.26. The van der Waals surface area contributed by atoms with Crippen LogP contribution in [0.3, 0.4) is 0 Å². The van der Waals surface area contributed by atoms with Gasteiger partial charge in [-0.3, -0.25) is 0 Å². The molecular formula is C10H14ClNO2. The van der Waals surface area contributed by atoms with Gasteiger partial charge in [-0.05, 0) is 11.6 Å². The lowest BCUT2D eigenvalue weighted by Gasteiger charge is -2.21. The predicted octanol–water partition coefficient (Wildman–Crippen LogP) is 1.96. The number of nitrogens with two attached hydrogens (primary N) is 1. The molecule has 1 rings (SSSR count). The van der Waals surface area contributed by atoms with Crippen molar-refractivity contribution >= 4 is 11.6 Å². The van der Waals surface area contributed by atoms with Crippen LogP contribution in [0.2, 0.25) is 5.02 Å². The molecule has 0 fully saturated rings. The van der Waals surface area contributed by atoms with Crippen LogP contribution in [-0.4, -0.2) is 20.5 Å². The van der Waals surface area contributed by atoms with Crippen LogP contribution in [-0.2, 0) is 9.47 Å². The van der Waals surface area contributed by atoms with Crippen molar-refractivity contribution in [1.29, 1.82) is 0 Å². The minimum absolute atomic E-state index is 0.376. The summed E-state index contributed by atoms with van der Waals surface area (Å²) in [7, 11) is 3.09. The van der Waals surface area contributed by atoms with E-state index in [0.717, 1.165) is 5.56 Å². The van der Waals surface area contributed by atoms with E-state index in [0.29, 0.717) is 5.02 Å². The molecular weight excluding hydrogens is 202 g/mol. The molecule has 4 heteroatoms. The molecule has 0 saturated heterocycles. The smallest absolute Gasteiger partial charge is 0.176 e. The van der Waals surface area contributed by atoms with Gasteiger partial charge < -0.3 is 15.2 Å². The quantitative estimate of drug-likeness (QED) is 0.781. The van der Waals surface area contributed by atoms with Gasteiger partial charge in [0.15, 0.2) is 6.29 Å². The molecule has 0 aliphatic carbocycles. The van der Waals surface area contributed by atoms with Gasteiger partial charge >= 0.3 is 0 Å².